The number of carbonyl (C=O) groups is 2. The molecule has 1 heterocycles. The average Bonchev–Trinajstić information content (AvgIpc) is 2.79. The third-order valence-corrected chi connectivity index (χ3v) is 3.59. The molecule has 0 spiro atoms. The van der Waals surface area contributed by atoms with E-state index >= 15 is 0 Å². The highest BCUT2D eigenvalue weighted by molar-refractivity contribution is 8.18. The Hall–Kier alpha value is -2.28. The van der Waals surface area contributed by atoms with E-state index in [1.165, 1.54) is 6.92 Å². The molecule has 0 atom stereocenters. The summed E-state index contributed by atoms with van der Waals surface area (Å²) < 4.78 is 10.7. The molecule has 0 bridgehead atoms. The number of ether oxygens (including phenoxy) is 2. The smallest absolute Gasteiger partial charge is 0.286 e. The second kappa shape index (κ2) is 7.13. The number of nitrogens with zero attached hydrogens (tertiary/aromatic N) is 1. The van der Waals surface area contributed by atoms with E-state index in [2.05, 4.69) is 10.3 Å². The minimum atomic E-state index is -0.374. The van der Waals surface area contributed by atoms with Crippen molar-refractivity contribution < 1.29 is 19.1 Å². The molecule has 1 aliphatic rings. The largest absolute Gasteiger partial charge is 0.493 e. The number of aliphatic imine (C=N–C) groups is 1. The van der Waals surface area contributed by atoms with Crippen molar-refractivity contribution in [3.05, 3.63) is 28.7 Å². The van der Waals surface area contributed by atoms with Crippen LogP contribution in [0.3, 0.4) is 0 Å². The number of nitrogens with one attached hydrogen (secondary N) is 1. The molecule has 6 nitrogen and oxygen atoms in total. The van der Waals surface area contributed by atoms with Crippen LogP contribution in [-0.2, 0) is 9.59 Å². The molecule has 1 aromatic carbocycles. The highest BCUT2D eigenvalue weighted by atomic mass is 32.2. The molecule has 2 amide bonds. The van der Waals surface area contributed by atoms with Crippen LogP contribution in [0, 0.1) is 0 Å². The van der Waals surface area contributed by atoms with E-state index in [9.17, 15) is 9.59 Å². The van der Waals surface area contributed by atoms with E-state index in [1.54, 1.807) is 25.3 Å². The Labute approximate surface area is 132 Å². The zero-order chi connectivity index (χ0) is 16.1. The fourth-order valence-electron chi connectivity index (χ4n) is 1.81. The number of thioether (sulfide) groups is 1. The molecular formula is C15H16N2O4S. The van der Waals surface area contributed by atoms with Gasteiger partial charge in [-0.25, -0.2) is 0 Å². The van der Waals surface area contributed by atoms with Crippen molar-refractivity contribution in [3.8, 4) is 11.5 Å². The van der Waals surface area contributed by atoms with Crippen molar-refractivity contribution in [1.29, 1.82) is 0 Å². The maximum absolute atomic E-state index is 11.8. The van der Waals surface area contributed by atoms with Gasteiger partial charge in [-0.3, -0.25) is 9.59 Å². The van der Waals surface area contributed by atoms with Crippen LogP contribution in [0.5, 0.6) is 11.5 Å². The molecule has 1 aromatic rings. The molecule has 22 heavy (non-hydrogen) atoms. The summed E-state index contributed by atoms with van der Waals surface area (Å²) in [5.41, 5.74) is 0.787. The van der Waals surface area contributed by atoms with Crippen molar-refractivity contribution in [2.75, 3.05) is 13.7 Å². The highest BCUT2D eigenvalue weighted by Gasteiger charge is 2.22. The number of carbonyl (C=O) groups excluding carboxylic acids is 2. The monoisotopic (exact) mass is 320 g/mol. The van der Waals surface area contributed by atoms with E-state index in [0.29, 0.717) is 28.2 Å². The molecule has 0 aromatic heterocycles. The lowest BCUT2D eigenvalue weighted by atomic mass is 10.2. The Morgan fingerprint density at radius 3 is 2.82 bits per heavy atom. The van der Waals surface area contributed by atoms with Crippen molar-refractivity contribution in [2.24, 2.45) is 4.99 Å². The van der Waals surface area contributed by atoms with Crippen LogP contribution in [0.4, 0.5) is 0 Å². The van der Waals surface area contributed by atoms with Gasteiger partial charge in [0.05, 0.1) is 18.6 Å². The summed E-state index contributed by atoms with van der Waals surface area (Å²) in [5.74, 6) is 0.604. The van der Waals surface area contributed by atoms with Crippen LogP contribution in [-0.4, -0.2) is 30.7 Å². The van der Waals surface area contributed by atoms with Crippen molar-refractivity contribution in [2.45, 2.75) is 13.8 Å². The molecule has 2 rings (SSSR count). The maximum atomic E-state index is 11.8. The lowest BCUT2D eigenvalue weighted by Crippen LogP contribution is -2.23. The van der Waals surface area contributed by atoms with Gasteiger partial charge < -0.3 is 14.8 Å². The Morgan fingerprint density at radius 2 is 2.18 bits per heavy atom. The van der Waals surface area contributed by atoms with Gasteiger partial charge in [0.25, 0.3) is 5.91 Å². The van der Waals surface area contributed by atoms with Crippen LogP contribution < -0.4 is 14.8 Å². The first-order chi connectivity index (χ1) is 10.5. The van der Waals surface area contributed by atoms with E-state index in [1.807, 2.05) is 13.0 Å². The van der Waals surface area contributed by atoms with Crippen LogP contribution in [0.25, 0.3) is 6.08 Å². The lowest BCUT2D eigenvalue weighted by molar-refractivity contribution is -0.117. The second-order valence-electron chi connectivity index (χ2n) is 4.36. The van der Waals surface area contributed by atoms with Gasteiger partial charge >= 0.3 is 0 Å². The van der Waals surface area contributed by atoms with Gasteiger partial charge in [-0.2, -0.15) is 4.99 Å². The SMILES string of the molecule is CCOc1ccc(/C=C2\SC(NC(C)=O)=NC2=O)cc1OC. The highest BCUT2D eigenvalue weighted by Crippen LogP contribution is 2.32. The van der Waals surface area contributed by atoms with Crippen LogP contribution in [0.15, 0.2) is 28.1 Å². The first-order valence-corrected chi connectivity index (χ1v) is 7.46. The molecule has 0 saturated carbocycles. The molecular weight excluding hydrogens is 304 g/mol. The number of amidine groups is 1. The predicted molar refractivity (Wildman–Crippen MR) is 86.0 cm³/mol. The Morgan fingerprint density at radius 1 is 1.41 bits per heavy atom. The maximum Gasteiger partial charge on any atom is 0.286 e. The Bertz CT molecular complexity index is 668. The Kier molecular flexibility index (Phi) is 5.21. The van der Waals surface area contributed by atoms with Crippen molar-refractivity contribution >= 4 is 34.8 Å². The summed E-state index contributed by atoms with van der Waals surface area (Å²) in [6.07, 6.45) is 1.70. The summed E-state index contributed by atoms with van der Waals surface area (Å²) in [6.45, 7) is 3.80. The summed E-state index contributed by atoms with van der Waals surface area (Å²) in [6, 6.07) is 5.39. The van der Waals surface area contributed by atoms with Gasteiger partial charge in [0.2, 0.25) is 5.91 Å². The lowest BCUT2D eigenvalue weighted by Gasteiger charge is -2.09. The molecule has 1 aliphatic heterocycles. The molecule has 1 N–H and O–H groups in total. The zero-order valence-corrected chi connectivity index (χ0v) is 13.3. The standard InChI is InChI=1S/C15H16N2O4S/c1-4-21-11-6-5-10(7-12(11)20-3)8-13-14(19)17-15(22-13)16-9(2)18/h5-8H,4H2,1-3H3,(H,16,17,18,19)/b13-8-. The number of hydrogen-bond donors (Lipinski definition) is 1. The van der Waals surface area contributed by atoms with Crippen LogP contribution >= 0.6 is 11.8 Å². The van der Waals surface area contributed by atoms with Gasteiger partial charge in [0.15, 0.2) is 16.7 Å². The number of benzene rings is 1. The van der Waals surface area contributed by atoms with E-state index in [0.717, 1.165) is 17.3 Å². The van der Waals surface area contributed by atoms with Gasteiger partial charge in [-0.15, -0.1) is 0 Å². The van der Waals surface area contributed by atoms with Crippen molar-refractivity contribution in [3.63, 3.8) is 0 Å². The molecule has 0 saturated heterocycles. The molecule has 0 radical (unpaired) electrons. The number of methoxy groups -OCH3 is 1. The third-order valence-electron chi connectivity index (χ3n) is 2.69. The fourth-order valence-corrected chi connectivity index (χ4v) is 2.67. The number of hydrogen-bond acceptors (Lipinski definition) is 5. The minimum Gasteiger partial charge on any atom is -0.493 e. The first-order valence-electron chi connectivity index (χ1n) is 6.64. The van der Waals surface area contributed by atoms with E-state index < -0.39 is 0 Å². The average molecular weight is 320 g/mol. The molecule has 0 fully saturated rings. The predicted octanol–water partition coefficient (Wildman–Crippen LogP) is 2.20. The van der Waals surface area contributed by atoms with Gasteiger partial charge in [-0.05, 0) is 42.5 Å². The summed E-state index contributed by atoms with van der Waals surface area (Å²) in [5, 5.41) is 2.80. The van der Waals surface area contributed by atoms with E-state index in [-0.39, 0.29) is 11.8 Å². The Balaban J connectivity index is 2.20. The summed E-state index contributed by atoms with van der Waals surface area (Å²) in [7, 11) is 1.56. The molecule has 0 unspecified atom stereocenters. The summed E-state index contributed by atoms with van der Waals surface area (Å²) >= 11 is 1.13. The normalized spacial score (nSPS) is 15.7. The van der Waals surface area contributed by atoms with Crippen LogP contribution in [0.1, 0.15) is 19.4 Å². The minimum absolute atomic E-state index is 0.261. The zero-order valence-electron chi connectivity index (χ0n) is 12.5. The van der Waals surface area contributed by atoms with Gasteiger partial charge in [0.1, 0.15) is 0 Å². The second-order valence-corrected chi connectivity index (χ2v) is 5.39. The van der Waals surface area contributed by atoms with Crippen LogP contribution in [0.2, 0.25) is 0 Å². The van der Waals surface area contributed by atoms with Gasteiger partial charge in [0, 0.05) is 6.92 Å². The fraction of sp³-hybridized carbons (Fsp3) is 0.267. The number of rotatable bonds is 4. The topological polar surface area (TPSA) is 77.0 Å². The third kappa shape index (κ3) is 3.88. The molecule has 0 aliphatic carbocycles. The van der Waals surface area contributed by atoms with Crippen molar-refractivity contribution in [1.82, 2.24) is 5.32 Å². The van der Waals surface area contributed by atoms with Gasteiger partial charge in [-0.1, -0.05) is 6.07 Å². The summed E-state index contributed by atoms with van der Waals surface area (Å²) in [4.78, 5) is 27.0. The molecule has 7 heteroatoms. The first kappa shape index (κ1) is 16.1. The quantitative estimate of drug-likeness (QED) is 0.861. The number of amides is 2. The van der Waals surface area contributed by atoms with E-state index in [4.69, 9.17) is 9.47 Å². The molecule has 116 valence electrons.